The Hall–Kier alpha value is -2.08. The molecule has 1 aromatic rings. The number of amides is 1. The van der Waals surface area contributed by atoms with Crippen LogP contribution >= 0.6 is 0 Å². The molecule has 25 heavy (non-hydrogen) atoms. The van der Waals surface area contributed by atoms with Crippen molar-refractivity contribution >= 4 is 17.6 Å². The maximum atomic E-state index is 12.3. The summed E-state index contributed by atoms with van der Waals surface area (Å²) in [6, 6.07) is 4.94. The molecule has 0 aliphatic carbocycles. The fourth-order valence-corrected chi connectivity index (χ4v) is 2.14. The monoisotopic (exact) mass is 351 g/mol. The lowest BCUT2D eigenvalue weighted by Gasteiger charge is -2.23. The minimum Gasteiger partial charge on any atom is -0.493 e. The molecule has 0 aliphatic heterocycles. The van der Waals surface area contributed by atoms with Gasteiger partial charge in [0.15, 0.2) is 0 Å². The summed E-state index contributed by atoms with van der Waals surface area (Å²) in [7, 11) is 0. The van der Waals surface area contributed by atoms with Crippen molar-refractivity contribution < 1.29 is 23.8 Å². The Morgan fingerprint density at radius 2 is 1.84 bits per heavy atom. The molecule has 1 N–H and O–H groups in total. The minimum atomic E-state index is -0.963. The van der Waals surface area contributed by atoms with Gasteiger partial charge in [0.05, 0.1) is 13.2 Å². The van der Waals surface area contributed by atoms with Crippen LogP contribution in [-0.2, 0) is 14.3 Å². The van der Waals surface area contributed by atoms with Crippen LogP contribution in [0.2, 0.25) is 0 Å². The molecular weight excluding hydrogens is 322 g/mol. The summed E-state index contributed by atoms with van der Waals surface area (Å²) in [6.07, 6.45) is 1.89. The number of hydrogen-bond acceptors (Lipinski definition) is 5. The number of benzene rings is 1. The Bertz CT molecular complexity index is 583. The second-order valence-corrected chi connectivity index (χ2v) is 6.03. The average Bonchev–Trinajstić information content (AvgIpc) is 2.56. The van der Waals surface area contributed by atoms with Gasteiger partial charge in [-0.15, -0.1) is 0 Å². The fourth-order valence-electron chi connectivity index (χ4n) is 2.14. The van der Waals surface area contributed by atoms with Gasteiger partial charge in [0.1, 0.15) is 16.9 Å². The lowest BCUT2D eigenvalue weighted by molar-refractivity contribution is -0.136. The maximum Gasteiger partial charge on any atom is 0.341 e. The third-order valence-electron chi connectivity index (χ3n) is 3.54. The molecule has 6 heteroatoms. The van der Waals surface area contributed by atoms with Crippen LogP contribution in [0.15, 0.2) is 18.2 Å². The highest BCUT2D eigenvalue weighted by molar-refractivity contribution is 5.99. The van der Waals surface area contributed by atoms with E-state index in [0.29, 0.717) is 30.2 Å². The highest BCUT2D eigenvalue weighted by Gasteiger charge is 2.28. The van der Waals surface area contributed by atoms with Crippen molar-refractivity contribution in [1.82, 2.24) is 0 Å². The Morgan fingerprint density at radius 3 is 2.44 bits per heavy atom. The zero-order chi connectivity index (χ0) is 18.9. The molecule has 1 amide bonds. The molecule has 0 fully saturated rings. The SMILES string of the molecule is CCCCOc1ccc(NC(=O)C(C)(C)OCC)cc1C(=O)OCC. The summed E-state index contributed by atoms with van der Waals surface area (Å²) in [4.78, 5) is 24.5. The van der Waals surface area contributed by atoms with Gasteiger partial charge in [-0.05, 0) is 52.3 Å². The number of ether oxygens (including phenoxy) is 3. The number of unbranched alkanes of at least 4 members (excludes halogenated alkanes) is 1. The number of carbonyl (C=O) groups excluding carboxylic acids is 2. The first-order valence-corrected chi connectivity index (χ1v) is 8.75. The standard InChI is InChI=1S/C19H29NO5/c1-6-9-12-24-16-11-10-14(13-15(16)17(21)23-7-2)20-18(22)19(4,5)25-8-3/h10-11,13H,6-9,12H2,1-5H3,(H,20,22). The van der Waals surface area contributed by atoms with Gasteiger partial charge in [-0.25, -0.2) is 4.79 Å². The Labute approximate surface area is 149 Å². The fraction of sp³-hybridized carbons (Fsp3) is 0.579. The molecule has 0 heterocycles. The summed E-state index contributed by atoms with van der Waals surface area (Å²) >= 11 is 0. The second-order valence-electron chi connectivity index (χ2n) is 6.03. The largest absolute Gasteiger partial charge is 0.493 e. The summed E-state index contributed by atoms with van der Waals surface area (Å²) in [5.74, 6) is -0.313. The van der Waals surface area contributed by atoms with E-state index in [1.165, 1.54) is 0 Å². The molecule has 140 valence electrons. The van der Waals surface area contributed by atoms with Crippen molar-refractivity contribution in [1.29, 1.82) is 0 Å². The Balaban J connectivity index is 3.00. The number of anilines is 1. The quantitative estimate of drug-likeness (QED) is 0.513. The summed E-state index contributed by atoms with van der Waals surface area (Å²) in [5.41, 5.74) is -0.177. The average molecular weight is 351 g/mol. The van der Waals surface area contributed by atoms with Gasteiger partial charge in [-0.3, -0.25) is 4.79 Å². The molecule has 0 aliphatic rings. The number of nitrogens with one attached hydrogen (secondary N) is 1. The van der Waals surface area contributed by atoms with E-state index in [2.05, 4.69) is 12.2 Å². The van der Waals surface area contributed by atoms with E-state index in [-0.39, 0.29) is 12.5 Å². The van der Waals surface area contributed by atoms with E-state index in [0.717, 1.165) is 12.8 Å². The van der Waals surface area contributed by atoms with Crippen molar-refractivity contribution in [2.24, 2.45) is 0 Å². The predicted octanol–water partition coefficient (Wildman–Crippen LogP) is 3.80. The lowest BCUT2D eigenvalue weighted by atomic mass is 10.1. The predicted molar refractivity (Wildman–Crippen MR) is 97.1 cm³/mol. The van der Waals surface area contributed by atoms with Gasteiger partial charge < -0.3 is 19.5 Å². The molecule has 0 unspecified atom stereocenters. The van der Waals surface area contributed by atoms with E-state index in [1.807, 2.05) is 6.92 Å². The van der Waals surface area contributed by atoms with Crippen LogP contribution in [0.3, 0.4) is 0 Å². The molecule has 0 saturated heterocycles. The normalized spacial score (nSPS) is 11.1. The number of hydrogen-bond donors (Lipinski definition) is 1. The summed E-state index contributed by atoms with van der Waals surface area (Å²) < 4.78 is 16.2. The summed E-state index contributed by atoms with van der Waals surface area (Å²) in [6.45, 7) is 10.2. The highest BCUT2D eigenvalue weighted by Crippen LogP contribution is 2.25. The van der Waals surface area contributed by atoms with Gasteiger partial charge in [0, 0.05) is 12.3 Å². The zero-order valence-electron chi connectivity index (χ0n) is 15.8. The van der Waals surface area contributed by atoms with Gasteiger partial charge in [-0.1, -0.05) is 13.3 Å². The van der Waals surface area contributed by atoms with Gasteiger partial charge in [0.25, 0.3) is 5.91 Å². The summed E-state index contributed by atoms with van der Waals surface area (Å²) in [5, 5.41) is 2.77. The van der Waals surface area contributed by atoms with Crippen LogP contribution in [-0.4, -0.2) is 37.3 Å². The van der Waals surface area contributed by atoms with Crippen LogP contribution in [0.1, 0.15) is 57.8 Å². The third kappa shape index (κ3) is 6.38. The first-order valence-electron chi connectivity index (χ1n) is 8.75. The molecule has 0 saturated carbocycles. The molecule has 0 bridgehead atoms. The number of esters is 1. The molecular formula is C19H29NO5. The third-order valence-corrected chi connectivity index (χ3v) is 3.54. The first-order chi connectivity index (χ1) is 11.9. The molecule has 0 spiro atoms. The van der Waals surface area contributed by atoms with Crippen LogP contribution in [0.25, 0.3) is 0 Å². The van der Waals surface area contributed by atoms with E-state index in [4.69, 9.17) is 14.2 Å². The van der Waals surface area contributed by atoms with E-state index in [1.54, 1.807) is 39.0 Å². The molecule has 1 rings (SSSR count). The second kappa shape index (κ2) is 10.0. The Kier molecular flexibility index (Phi) is 8.41. The van der Waals surface area contributed by atoms with E-state index >= 15 is 0 Å². The van der Waals surface area contributed by atoms with Crippen molar-refractivity contribution in [3.05, 3.63) is 23.8 Å². The van der Waals surface area contributed by atoms with Gasteiger partial charge >= 0.3 is 5.97 Å². The van der Waals surface area contributed by atoms with Crippen molar-refractivity contribution in [2.75, 3.05) is 25.1 Å². The molecule has 0 aromatic heterocycles. The van der Waals surface area contributed by atoms with Crippen LogP contribution in [0.5, 0.6) is 5.75 Å². The van der Waals surface area contributed by atoms with E-state index in [9.17, 15) is 9.59 Å². The number of rotatable bonds is 10. The molecule has 6 nitrogen and oxygen atoms in total. The van der Waals surface area contributed by atoms with Gasteiger partial charge in [0.2, 0.25) is 0 Å². The lowest BCUT2D eigenvalue weighted by Crippen LogP contribution is -2.39. The van der Waals surface area contributed by atoms with Crippen molar-refractivity contribution in [3.8, 4) is 5.75 Å². The van der Waals surface area contributed by atoms with Crippen LogP contribution in [0.4, 0.5) is 5.69 Å². The van der Waals surface area contributed by atoms with Gasteiger partial charge in [-0.2, -0.15) is 0 Å². The zero-order valence-corrected chi connectivity index (χ0v) is 15.8. The molecule has 1 aromatic carbocycles. The first kappa shape index (κ1) is 21.0. The highest BCUT2D eigenvalue weighted by atomic mass is 16.5. The molecule has 0 radical (unpaired) electrons. The Morgan fingerprint density at radius 1 is 1.12 bits per heavy atom. The smallest absolute Gasteiger partial charge is 0.341 e. The topological polar surface area (TPSA) is 73.9 Å². The van der Waals surface area contributed by atoms with Crippen LogP contribution in [0, 0.1) is 0 Å². The van der Waals surface area contributed by atoms with Crippen molar-refractivity contribution in [3.63, 3.8) is 0 Å². The molecule has 0 atom stereocenters. The van der Waals surface area contributed by atoms with Crippen LogP contribution < -0.4 is 10.1 Å². The number of carbonyl (C=O) groups is 2. The van der Waals surface area contributed by atoms with E-state index < -0.39 is 11.6 Å². The maximum absolute atomic E-state index is 12.3. The minimum absolute atomic E-state index is 0.265. The van der Waals surface area contributed by atoms with Crippen molar-refractivity contribution in [2.45, 2.75) is 53.1 Å².